The van der Waals surface area contributed by atoms with E-state index in [1.54, 1.807) is 20.8 Å². The van der Waals surface area contributed by atoms with Crippen molar-refractivity contribution in [3.63, 3.8) is 0 Å². The number of carboxylic acids is 1. The van der Waals surface area contributed by atoms with Gasteiger partial charge >= 0.3 is 5.97 Å². The molecule has 0 saturated carbocycles. The molecule has 1 amide bonds. The molecule has 7 heteroatoms. The SMILES string of the molecule is CC(=O)N1CCC[C@H]1COc1ccc2c(c1)cc(CC(C)(C)C(=O)O)n2Cc1ccc(Cl)cc1. The zero-order valence-electron chi connectivity index (χ0n) is 19.9. The van der Waals surface area contributed by atoms with Crippen LogP contribution < -0.4 is 4.74 Å². The lowest BCUT2D eigenvalue weighted by atomic mass is 9.88. The molecule has 0 unspecified atom stereocenters. The van der Waals surface area contributed by atoms with E-state index in [0.717, 1.165) is 47.3 Å². The number of halogens is 1. The number of rotatable bonds is 8. The lowest BCUT2D eigenvalue weighted by Crippen LogP contribution is -2.37. The van der Waals surface area contributed by atoms with Crippen molar-refractivity contribution in [2.24, 2.45) is 5.41 Å². The van der Waals surface area contributed by atoms with Crippen LogP contribution in [0, 0.1) is 5.41 Å². The molecular weight excluding hydrogens is 452 g/mol. The summed E-state index contributed by atoms with van der Waals surface area (Å²) in [5.41, 5.74) is 2.16. The van der Waals surface area contributed by atoms with Crippen LogP contribution in [0.2, 0.25) is 5.02 Å². The van der Waals surface area contributed by atoms with E-state index in [2.05, 4.69) is 10.6 Å². The van der Waals surface area contributed by atoms with Gasteiger partial charge in [0.2, 0.25) is 5.91 Å². The largest absolute Gasteiger partial charge is 0.491 e. The summed E-state index contributed by atoms with van der Waals surface area (Å²) in [6.45, 7) is 6.97. The summed E-state index contributed by atoms with van der Waals surface area (Å²) in [6.07, 6.45) is 2.35. The van der Waals surface area contributed by atoms with Crippen molar-refractivity contribution in [3.8, 4) is 5.75 Å². The minimum atomic E-state index is -0.899. The maximum Gasteiger partial charge on any atom is 0.309 e. The van der Waals surface area contributed by atoms with E-state index in [4.69, 9.17) is 16.3 Å². The molecule has 1 aliphatic heterocycles. The quantitative estimate of drug-likeness (QED) is 0.467. The van der Waals surface area contributed by atoms with Gasteiger partial charge in [-0.3, -0.25) is 9.59 Å². The Morgan fingerprint density at radius 2 is 1.88 bits per heavy atom. The number of amides is 1. The molecule has 2 heterocycles. The van der Waals surface area contributed by atoms with Crippen molar-refractivity contribution in [1.29, 1.82) is 0 Å². The van der Waals surface area contributed by atoms with Crippen molar-refractivity contribution < 1.29 is 19.4 Å². The van der Waals surface area contributed by atoms with Crippen LogP contribution in [0.3, 0.4) is 0 Å². The van der Waals surface area contributed by atoms with Crippen molar-refractivity contribution >= 4 is 34.4 Å². The third kappa shape index (κ3) is 5.22. The highest BCUT2D eigenvalue weighted by Gasteiger charge is 2.30. The number of carbonyl (C=O) groups excluding carboxylic acids is 1. The number of hydrogen-bond acceptors (Lipinski definition) is 3. The molecule has 1 fully saturated rings. The Bertz CT molecular complexity index is 1200. The molecule has 1 atom stereocenters. The number of carboxylic acid groups (broad SMARTS) is 1. The molecule has 1 aliphatic rings. The van der Waals surface area contributed by atoms with Crippen LogP contribution in [0.1, 0.15) is 44.9 Å². The third-order valence-electron chi connectivity index (χ3n) is 6.64. The van der Waals surface area contributed by atoms with Crippen molar-refractivity contribution in [2.75, 3.05) is 13.2 Å². The first kappa shape index (κ1) is 24.1. The molecular formula is C27H31ClN2O4. The normalized spacial score (nSPS) is 16.2. The zero-order valence-corrected chi connectivity index (χ0v) is 20.6. The highest BCUT2D eigenvalue weighted by molar-refractivity contribution is 6.30. The van der Waals surface area contributed by atoms with Crippen LogP contribution in [0.5, 0.6) is 5.75 Å². The number of fused-ring (bicyclic) bond motifs is 1. The Hall–Kier alpha value is -2.99. The van der Waals surface area contributed by atoms with Crippen LogP contribution >= 0.6 is 11.6 Å². The average molecular weight is 483 g/mol. The van der Waals surface area contributed by atoms with Crippen LogP contribution in [0.25, 0.3) is 10.9 Å². The zero-order chi connectivity index (χ0) is 24.5. The summed E-state index contributed by atoms with van der Waals surface area (Å²) in [6, 6.07) is 15.8. The maximum atomic E-state index is 11.8. The van der Waals surface area contributed by atoms with Gasteiger partial charge in [-0.25, -0.2) is 0 Å². The van der Waals surface area contributed by atoms with Crippen molar-refractivity contribution in [3.05, 3.63) is 64.8 Å². The molecule has 180 valence electrons. The second-order valence-corrected chi connectivity index (χ2v) is 10.2. The first-order valence-corrected chi connectivity index (χ1v) is 12.0. The Morgan fingerprint density at radius 1 is 1.15 bits per heavy atom. The molecule has 1 saturated heterocycles. The standard InChI is InChI=1S/C27H31ClN2O4/c1-18(31)29-12-4-5-22(29)17-34-24-10-11-25-20(14-24)13-23(15-27(2,3)26(32)33)30(25)16-19-6-8-21(28)9-7-19/h6-11,13-14,22H,4-5,12,15-17H2,1-3H3,(H,32,33)/t22-/m0/s1. The molecule has 2 aromatic carbocycles. The summed E-state index contributed by atoms with van der Waals surface area (Å²) in [7, 11) is 0. The molecule has 34 heavy (non-hydrogen) atoms. The molecule has 0 spiro atoms. The number of carbonyl (C=O) groups is 2. The highest BCUT2D eigenvalue weighted by atomic mass is 35.5. The molecule has 3 aromatic rings. The minimum Gasteiger partial charge on any atom is -0.491 e. The van der Waals surface area contributed by atoms with Gasteiger partial charge in [-0.1, -0.05) is 23.7 Å². The van der Waals surface area contributed by atoms with E-state index < -0.39 is 11.4 Å². The Balaban J connectivity index is 1.63. The van der Waals surface area contributed by atoms with E-state index in [1.807, 2.05) is 47.4 Å². The van der Waals surface area contributed by atoms with E-state index in [9.17, 15) is 14.7 Å². The number of nitrogens with zero attached hydrogens (tertiary/aromatic N) is 2. The van der Waals surface area contributed by atoms with Gasteiger partial charge in [0.1, 0.15) is 12.4 Å². The van der Waals surface area contributed by atoms with Crippen molar-refractivity contribution in [1.82, 2.24) is 9.47 Å². The number of aromatic nitrogens is 1. The Morgan fingerprint density at radius 3 is 2.56 bits per heavy atom. The molecule has 1 aromatic heterocycles. The fraction of sp³-hybridized carbons (Fsp3) is 0.407. The van der Waals surface area contributed by atoms with Crippen LogP contribution in [-0.4, -0.2) is 45.6 Å². The monoisotopic (exact) mass is 482 g/mol. The summed E-state index contributed by atoms with van der Waals surface area (Å²) < 4.78 is 8.25. The lowest BCUT2D eigenvalue weighted by molar-refractivity contribution is -0.146. The van der Waals surface area contributed by atoms with Crippen LogP contribution in [0.15, 0.2) is 48.5 Å². The predicted molar refractivity (Wildman–Crippen MR) is 134 cm³/mol. The van der Waals surface area contributed by atoms with E-state index in [1.165, 1.54) is 0 Å². The Kier molecular flexibility index (Phi) is 6.89. The van der Waals surface area contributed by atoms with Crippen LogP contribution in [-0.2, 0) is 22.6 Å². The number of likely N-dealkylation sites (tertiary alicyclic amines) is 1. The molecule has 1 N–H and O–H groups in total. The fourth-order valence-electron chi connectivity index (χ4n) is 4.65. The van der Waals surface area contributed by atoms with Gasteiger partial charge in [-0.05, 0) is 68.7 Å². The van der Waals surface area contributed by atoms with E-state index in [-0.39, 0.29) is 11.9 Å². The van der Waals surface area contributed by atoms with Gasteiger partial charge in [0.15, 0.2) is 0 Å². The molecule has 0 radical (unpaired) electrons. The maximum absolute atomic E-state index is 11.8. The van der Waals surface area contributed by atoms with Gasteiger partial charge in [0.05, 0.1) is 11.5 Å². The van der Waals surface area contributed by atoms with Crippen molar-refractivity contribution in [2.45, 2.75) is 52.6 Å². The van der Waals surface area contributed by atoms with Crippen LogP contribution in [0.4, 0.5) is 0 Å². The third-order valence-corrected chi connectivity index (χ3v) is 6.89. The number of benzene rings is 2. The average Bonchev–Trinajstić information content (AvgIpc) is 3.38. The van der Waals surface area contributed by atoms with Gasteiger partial charge in [-0.15, -0.1) is 0 Å². The van der Waals surface area contributed by atoms with Gasteiger partial charge in [0.25, 0.3) is 0 Å². The van der Waals surface area contributed by atoms with E-state index in [0.29, 0.717) is 24.6 Å². The molecule has 6 nitrogen and oxygen atoms in total. The number of aliphatic carboxylic acids is 1. The summed E-state index contributed by atoms with van der Waals surface area (Å²) >= 11 is 6.05. The second kappa shape index (κ2) is 9.71. The fourth-order valence-corrected chi connectivity index (χ4v) is 4.77. The molecule has 0 aliphatic carbocycles. The predicted octanol–water partition coefficient (Wildman–Crippen LogP) is 5.39. The highest BCUT2D eigenvalue weighted by Crippen LogP contribution is 2.31. The van der Waals surface area contributed by atoms with Gasteiger partial charge < -0.3 is 19.3 Å². The first-order valence-electron chi connectivity index (χ1n) is 11.6. The van der Waals surface area contributed by atoms with Gasteiger partial charge in [0, 0.05) is 48.1 Å². The summed E-state index contributed by atoms with van der Waals surface area (Å²) in [4.78, 5) is 25.5. The number of hydrogen-bond donors (Lipinski definition) is 1. The number of ether oxygens (including phenoxy) is 1. The second-order valence-electron chi connectivity index (χ2n) is 9.75. The van der Waals surface area contributed by atoms with E-state index >= 15 is 0 Å². The molecule has 4 rings (SSSR count). The lowest BCUT2D eigenvalue weighted by Gasteiger charge is -2.23. The topological polar surface area (TPSA) is 71.8 Å². The molecule has 0 bridgehead atoms. The summed E-state index contributed by atoms with van der Waals surface area (Å²) in [5.74, 6) is 0.00788. The van der Waals surface area contributed by atoms with Gasteiger partial charge in [-0.2, -0.15) is 0 Å². The Labute approximate surface area is 205 Å². The smallest absolute Gasteiger partial charge is 0.309 e. The first-order chi connectivity index (χ1) is 16.1. The minimum absolute atomic E-state index is 0.0894. The summed E-state index contributed by atoms with van der Waals surface area (Å²) in [5, 5.41) is 11.4.